The molecular weight excluding hydrogens is 376 g/mol. The molecule has 9 atom stereocenters. The van der Waals surface area contributed by atoms with Crippen LogP contribution in [0.15, 0.2) is 23.3 Å². The van der Waals surface area contributed by atoms with Gasteiger partial charge in [-0.1, -0.05) is 37.1 Å². The lowest BCUT2D eigenvalue weighted by atomic mass is 9.49. The highest BCUT2D eigenvalue weighted by Crippen LogP contribution is 2.65. The number of aliphatic hydroxyl groups excluding tert-OH is 2. The first-order valence-electron chi connectivity index (χ1n) is 13.3. The molecule has 0 spiro atoms. The number of rotatable bonds is 5. The molecule has 4 nitrogen and oxygen atoms in total. The molecule has 0 aromatic heterocycles. The monoisotopic (exact) mass is 424 g/mol. The second-order valence-corrected chi connectivity index (χ2v) is 11.2. The lowest BCUT2D eigenvalue weighted by Crippen LogP contribution is -2.52. The van der Waals surface area contributed by atoms with Crippen molar-refractivity contribution in [3.8, 4) is 0 Å². The number of ether oxygens (including phenoxy) is 1. The Bertz CT molecular complexity index is 819. The zero-order valence-electron chi connectivity index (χ0n) is 22.0. The Kier molecular flexibility index (Phi) is 4.85. The zero-order valence-corrected chi connectivity index (χ0v) is 19.0. The molecule has 30 heavy (non-hydrogen) atoms. The Hall–Kier alpha value is -0.680. The predicted octanol–water partition coefficient (Wildman–Crippen LogP) is 4.38. The van der Waals surface area contributed by atoms with Gasteiger partial charge < -0.3 is 20.1 Å². The van der Waals surface area contributed by atoms with Crippen molar-refractivity contribution in [2.24, 2.45) is 28.6 Å². The molecule has 0 saturated heterocycles. The first-order valence-corrected chi connectivity index (χ1v) is 11.8. The molecule has 4 rings (SSSR count). The van der Waals surface area contributed by atoms with Gasteiger partial charge in [-0.05, 0) is 82.4 Å². The van der Waals surface area contributed by atoms with Crippen LogP contribution >= 0.6 is 0 Å². The molecule has 0 aromatic rings. The zero-order chi connectivity index (χ0) is 24.4. The minimum absolute atomic E-state index is 0.00903. The average Bonchev–Trinajstić information content (AvgIpc) is 3.05. The molecule has 4 heteroatoms. The molecule has 0 aromatic carbocycles. The van der Waals surface area contributed by atoms with Crippen LogP contribution in [0.3, 0.4) is 0 Å². The number of aliphatic hydroxyl groups is 3. The highest BCUT2D eigenvalue weighted by atomic mass is 16.5. The van der Waals surface area contributed by atoms with Gasteiger partial charge in [-0.3, -0.25) is 0 Å². The molecule has 0 aliphatic heterocycles. The summed E-state index contributed by atoms with van der Waals surface area (Å²) in [7, 11) is 0. The van der Waals surface area contributed by atoms with Gasteiger partial charge in [-0.2, -0.15) is 0 Å². The fourth-order valence-electron chi connectivity index (χ4n) is 7.42. The van der Waals surface area contributed by atoms with E-state index in [0.717, 1.165) is 25.7 Å². The Morgan fingerprint density at radius 3 is 2.73 bits per heavy atom. The van der Waals surface area contributed by atoms with Gasteiger partial charge in [0, 0.05) is 22.6 Å². The van der Waals surface area contributed by atoms with Crippen LogP contribution in [0.25, 0.3) is 0 Å². The third-order valence-corrected chi connectivity index (χ3v) is 9.26. The molecule has 3 fully saturated rings. The third-order valence-electron chi connectivity index (χ3n) is 9.26. The van der Waals surface area contributed by atoms with Gasteiger partial charge in [-0.15, -0.1) is 0 Å². The van der Waals surface area contributed by atoms with Gasteiger partial charge in [-0.25, -0.2) is 0 Å². The van der Waals surface area contributed by atoms with Crippen molar-refractivity contribution in [2.45, 2.75) is 103 Å². The fourth-order valence-corrected chi connectivity index (χ4v) is 7.42. The molecule has 0 amide bonds. The maximum Gasteiger partial charge on any atom is 0.0661 e. The van der Waals surface area contributed by atoms with E-state index in [4.69, 9.17) is 8.85 Å². The number of hydrogen-bond acceptors (Lipinski definition) is 4. The van der Waals surface area contributed by atoms with Crippen molar-refractivity contribution in [3.05, 3.63) is 23.3 Å². The minimum Gasteiger partial charge on any atom is -0.393 e. The smallest absolute Gasteiger partial charge is 0.0661 e. The maximum absolute atomic E-state index is 11.0. The Labute approximate surface area is 186 Å². The van der Waals surface area contributed by atoms with E-state index in [1.807, 2.05) is 0 Å². The van der Waals surface area contributed by atoms with Crippen LogP contribution in [-0.2, 0) is 4.74 Å². The van der Waals surface area contributed by atoms with E-state index in [2.05, 4.69) is 32.9 Å². The Balaban J connectivity index is 1.48. The normalized spacial score (nSPS) is 48.0. The SMILES string of the molecule is [3H]C([3H])([3H])C(C)(O)CCO[C@@H](C)[C@H]1CC[C@H]2C3=CC=C4C[C@@H](O)C[C@H](O)[C@]4(C)[C@H]3CC[C@]12C. The van der Waals surface area contributed by atoms with Gasteiger partial charge in [0.2, 0.25) is 0 Å². The van der Waals surface area contributed by atoms with Crippen molar-refractivity contribution < 1.29 is 24.2 Å². The van der Waals surface area contributed by atoms with Gasteiger partial charge >= 0.3 is 0 Å². The number of fused-ring (bicyclic) bond motifs is 5. The van der Waals surface area contributed by atoms with Gasteiger partial charge in [0.1, 0.15) is 0 Å². The largest absolute Gasteiger partial charge is 0.393 e. The second kappa shape index (κ2) is 7.72. The maximum atomic E-state index is 11.0. The summed E-state index contributed by atoms with van der Waals surface area (Å²) in [5.41, 5.74) is 0.735. The van der Waals surface area contributed by atoms with Crippen LogP contribution in [0, 0.1) is 28.6 Å². The number of allylic oxidation sites excluding steroid dienone is 3. The molecule has 1 unspecified atom stereocenters. The van der Waals surface area contributed by atoms with Crippen LogP contribution in [0.2, 0.25) is 0 Å². The van der Waals surface area contributed by atoms with Crippen LogP contribution in [0.1, 0.15) is 83.6 Å². The second-order valence-electron chi connectivity index (χ2n) is 11.2. The van der Waals surface area contributed by atoms with Crippen LogP contribution in [0.4, 0.5) is 0 Å². The molecule has 4 aliphatic carbocycles. The van der Waals surface area contributed by atoms with Gasteiger partial charge in [0.15, 0.2) is 0 Å². The highest BCUT2D eigenvalue weighted by Gasteiger charge is 2.59. The summed E-state index contributed by atoms with van der Waals surface area (Å²) < 4.78 is 28.7. The fraction of sp³-hybridized carbons (Fsp3) is 0.846. The topological polar surface area (TPSA) is 69.9 Å². The Morgan fingerprint density at radius 2 is 2.00 bits per heavy atom. The Morgan fingerprint density at radius 1 is 1.23 bits per heavy atom. The molecule has 0 heterocycles. The summed E-state index contributed by atoms with van der Waals surface area (Å²) in [5.74, 6) is 1.15. The summed E-state index contributed by atoms with van der Waals surface area (Å²) in [6.07, 6.45) is 8.94. The third kappa shape index (κ3) is 3.62. The predicted molar refractivity (Wildman–Crippen MR) is 119 cm³/mol. The molecule has 4 aliphatic rings. The van der Waals surface area contributed by atoms with E-state index >= 15 is 0 Å². The van der Waals surface area contributed by atoms with Crippen LogP contribution in [-0.4, -0.2) is 45.8 Å². The highest BCUT2D eigenvalue weighted by molar-refractivity contribution is 5.40. The average molecular weight is 425 g/mol. The van der Waals surface area contributed by atoms with E-state index in [0.29, 0.717) is 30.6 Å². The van der Waals surface area contributed by atoms with Crippen molar-refractivity contribution in [1.82, 2.24) is 0 Å². The van der Waals surface area contributed by atoms with Crippen molar-refractivity contribution in [3.63, 3.8) is 0 Å². The van der Waals surface area contributed by atoms with E-state index in [9.17, 15) is 15.3 Å². The van der Waals surface area contributed by atoms with E-state index < -0.39 is 24.7 Å². The van der Waals surface area contributed by atoms with Gasteiger partial charge in [0.25, 0.3) is 0 Å². The van der Waals surface area contributed by atoms with Crippen LogP contribution < -0.4 is 0 Å². The van der Waals surface area contributed by atoms with E-state index in [1.165, 1.54) is 18.1 Å². The standard InChI is InChI=1S/C26H42O4/c1-16(30-13-12-24(2,3)29)20-8-9-21-19-7-6-17-14-18(27)15-23(28)26(17,5)22(19)10-11-25(20,21)4/h6-7,16,18,20-23,27-29H,8-15H2,1-5H3/t16-,18+,20+,21-,22-,23-,25+,26-/m0/s1/i2T3/t16-,18+,20+,21-,22-,23-,24?,25+,26-. The molecule has 170 valence electrons. The van der Waals surface area contributed by atoms with E-state index in [-0.39, 0.29) is 30.0 Å². The first kappa shape index (κ1) is 18.8. The van der Waals surface area contributed by atoms with Gasteiger partial charge in [0.05, 0.1) is 23.9 Å². The van der Waals surface area contributed by atoms with Crippen molar-refractivity contribution >= 4 is 0 Å². The molecule has 3 saturated carbocycles. The van der Waals surface area contributed by atoms with Crippen molar-refractivity contribution in [2.75, 3.05) is 6.61 Å². The van der Waals surface area contributed by atoms with Crippen LogP contribution in [0.5, 0.6) is 0 Å². The van der Waals surface area contributed by atoms with Crippen molar-refractivity contribution in [1.29, 1.82) is 0 Å². The summed E-state index contributed by atoms with van der Waals surface area (Å²) >= 11 is 0. The number of hydrogen-bond donors (Lipinski definition) is 3. The molecule has 3 N–H and O–H groups in total. The van der Waals surface area contributed by atoms with E-state index in [1.54, 1.807) is 0 Å². The molecule has 0 bridgehead atoms. The summed E-state index contributed by atoms with van der Waals surface area (Å²) in [6, 6.07) is 0. The molecular formula is C26H42O4. The molecule has 0 radical (unpaired) electrons. The lowest BCUT2D eigenvalue weighted by molar-refractivity contribution is -0.0690. The summed E-state index contributed by atoms with van der Waals surface area (Å²) in [4.78, 5) is 0. The quantitative estimate of drug-likeness (QED) is 0.612. The summed E-state index contributed by atoms with van der Waals surface area (Å²) in [5, 5.41) is 31.5. The lowest BCUT2D eigenvalue weighted by Gasteiger charge is -2.56. The minimum atomic E-state index is -2.42. The first-order chi connectivity index (χ1) is 15.2. The summed E-state index contributed by atoms with van der Waals surface area (Å²) in [6.45, 7) is 5.85.